The van der Waals surface area contributed by atoms with E-state index in [2.05, 4.69) is 0 Å². The zero-order chi connectivity index (χ0) is 19.6. The zero-order valence-corrected chi connectivity index (χ0v) is 15.2. The lowest BCUT2D eigenvalue weighted by molar-refractivity contribution is -0.145. The predicted octanol–water partition coefficient (Wildman–Crippen LogP) is 5.39. The van der Waals surface area contributed by atoms with E-state index in [0.717, 1.165) is 25.0 Å². The van der Waals surface area contributed by atoms with E-state index in [0.29, 0.717) is 29.1 Å². The van der Waals surface area contributed by atoms with Crippen molar-refractivity contribution in [2.24, 2.45) is 0 Å². The van der Waals surface area contributed by atoms with E-state index in [1.54, 1.807) is 35.2 Å². The van der Waals surface area contributed by atoms with Crippen LogP contribution in [0.5, 0.6) is 0 Å². The van der Waals surface area contributed by atoms with Crippen LogP contribution in [0.2, 0.25) is 5.02 Å². The van der Waals surface area contributed by atoms with Gasteiger partial charge in [0, 0.05) is 5.02 Å². The second-order valence-corrected chi connectivity index (χ2v) is 7.10. The molecule has 0 amide bonds. The molecule has 2 unspecified atom stereocenters. The molecule has 0 spiro atoms. The molecule has 1 heterocycles. The van der Waals surface area contributed by atoms with E-state index in [1.165, 1.54) is 6.07 Å². The highest BCUT2D eigenvalue weighted by Crippen LogP contribution is 2.37. The van der Waals surface area contributed by atoms with Crippen LogP contribution in [0.3, 0.4) is 0 Å². The van der Waals surface area contributed by atoms with Gasteiger partial charge in [-0.25, -0.2) is 0 Å². The number of carboxylic acid groups (broad SMARTS) is 1. The first-order chi connectivity index (χ1) is 12.8. The van der Waals surface area contributed by atoms with Crippen molar-refractivity contribution in [3.05, 3.63) is 70.2 Å². The fourth-order valence-electron chi connectivity index (χ4n) is 3.63. The molecule has 0 radical (unpaired) electrons. The standard InChI is InChI=1S/C20H19ClF3NO2/c21-16-9-7-13(8-10-16)18(25-11-2-1-6-17(25)19(26)27)14-4-3-5-15(12-14)20(22,23)24/h3-5,7-10,12,17-18H,1-2,6,11H2,(H,26,27). The molecule has 2 atom stereocenters. The lowest BCUT2D eigenvalue weighted by Gasteiger charge is -2.39. The van der Waals surface area contributed by atoms with Crippen molar-refractivity contribution in [3.8, 4) is 0 Å². The molecular formula is C20H19ClF3NO2. The van der Waals surface area contributed by atoms with Crippen molar-refractivity contribution in [1.82, 2.24) is 4.90 Å². The zero-order valence-electron chi connectivity index (χ0n) is 14.4. The van der Waals surface area contributed by atoms with Crippen LogP contribution in [0.15, 0.2) is 48.5 Å². The topological polar surface area (TPSA) is 40.5 Å². The Morgan fingerprint density at radius 2 is 1.81 bits per heavy atom. The minimum atomic E-state index is -4.46. The van der Waals surface area contributed by atoms with Gasteiger partial charge in [0.25, 0.3) is 0 Å². The van der Waals surface area contributed by atoms with Crippen molar-refractivity contribution >= 4 is 17.6 Å². The second kappa shape index (κ2) is 7.90. The molecule has 3 rings (SSSR count). The Labute approximate surface area is 160 Å². The monoisotopic (exact) mass is 397 g/mol. The van der Waals surface area contributed by atoms with Gasteiger partial charge in [-0.3, -0.25) is 9.69 Å². The molecule has 1 aliphatic rings. The number of carbonyl (C=O) groups is 1. The molecular weight excluding hydrogens is 379 g/mol. The maximum absolute atomic E-state index is 13.2. The number of benzene rings is 2. The van der Waals surface area contributed by atoms with Crippen LogP contribution in [0, 0.1) is 0 Å². The number of alkyl halides is 3. The minimum absolute atomic E-state index is 0.417. The molecule has 2 aromatic rings. The third-order valence-electron chi connectivity index (χ3n) is 4.88. The van der Waals surface area contributed by atoms with Crippen molar-refractivity contribution in [3.63, 3.8) is 0 Å². The quantitative estimate of drug-likeness (QED) is 0.752. The minimum Gasteiger partial charge on any atom is -0.480 e. The van der Waals surface area contributed by atoms with Gasteiger partial charge in [0.05, 0.1) is 11.6 Å². The van der Waals surface area contributed by atoms with Crippen LogP contribution in [0.25, 0.3) is 0 Å². The molecule has 144 valence electrons. The van der Waals surface area contributed by atoms with E-state index in [4.69, 9.17) is 11.6 Å². The highest BCUT2D eigenvalue weighted by molar-refractivity contribution is 6.30. The third kappa shape index (κ3) is 4.45. The number of halogens is 4. The summed E-state index contributed by atoms with van der Waals surface area (Å²) in [6, 6.07) is 10.6. The van der Waals surface area contributed by atoms with Gasteiger partial charge in [0.2, 0.25) is 0 Å². The molecule has 0 saturated carbocycles. The molecule has 1 saturated heterocycles. The number of hydrogen-bond donors (Lipinski definition) is 1. The van der Waals surface area contributed by atoms with Gasteiger partial charge in [-0.2, -0.15) is 13.2 Å². The Kier molecular flexibility index (Phi) is 5.77. The number of rotatable bonds is 4. The van der Waals surface area contributed by atoms with E-state index < -0.39 is 29.8 Å². The fraction of sp³-hybridized carbons (Fsp3) is 0.350. The molecule has 3 nitrogen and oxygen atoms in total. The maximum atomic E-state index is 13.2. The van der Waals surface area contributed by atoms with Crippen LogP contribution in [-0.4, -0.2) is 28.6 Å². The normalized spacial score (nSPS) is 19.6. The van der Waals surface area contributed by atoms with Gasteiger partial charge in [0.15, 0.2) is 0 Å². The molecule has 0 aromatic heterocycles. The van der Waals surface area contributed by atoms with Crippen molar-refractivity contribution in [2.75, 3.05) is 6.54 Å². The number of carboxylic acids is 1. The molecule has 1 N–H and O–H groups in total. The molecule has 2 aromatic carbocycles. The van der Waals surface area contributed by atoms with E-state index in [1.807, 2.05) is 0 Å². The Morgan fingerprint density at radius 1 is 1.11 bits per heavy atom. The highest BCUT2D eigenvalue weighted by atomic mass is 35.5. The largest absolute Gasteiger partial charge is 0.480 e. The van der Waals surface area contributed by atoms with Crippen LogP contribution >= 0.6 is 11.6 Å². The summed E-state index contributed by atoms with van der Waals surface area (Å²) < 4.78 is 39.6. The van der Waals surface area contributed by atoms with E-state index in [9.17, 15) is 23.1 Å². The van der Waals surface area contributed by atoms with Crippen molar-refractivity contribution in [2.45, 2.75) is 37.5 Å². The summed E-state index contributed by atoms with van der Waals surface area (Å²) in [5.41, 5.74) is 0.384. The van der Waals surface area contributed by atoms with Gasteiger partial charge in [-0.15, -0.1) is 0 Å². The summed E-state index contributed by atoms with van der Waals surface area (Å²) in [6.45, 7) is 0.501. The molecule has 0 bridgehead atoms. The molecule has 7 heteroatoms. The lowest BCUT2D eigenvalue weighted by Crippen LogP contribution is -2.46. The fourth-order valence-corrected chi connectivity index (χ4v) is 3.76. The first-order valence-corrected chi connectivity index (χ1v) is 9.06. The van der Waals surface area contributed by atoms with Crippen LogP contribution in [-0.2, 0) is 11.0 Å². The van der Waals surface area contributed by atoms with E-state index in [-0.39, 0.29) is 0 Å². The third-order valence-corrected chi connectivity index (χ3v) is 5.13. The van der Waals surface area contributed by atoms with Gasteiger partial charge >= 0.3 is 12.1 Å². The van der Waals surface area contributed by atoms with Crippen LogP contribution in [0.1, 0.15) is 42.0 Å². The predicted molar refractivity (Wildman–Crippen MR) is 96.7 cm³/mol. The number of piperidine rings is 1. The maximum Gasteiger partial charge on any atom is 0.416 e. The summed E-state index contributed by atoms with van der Waals surface area (Å²) in [5.74, 6) is -0.958. The van der Waals surface area contributed by atoms with Crippen molar-refractivity contribution < 1.29 is 23.1 Å². The summed E-state index contributed by atoms with van der Waals surface area (Å²) in [7, 11) is 0. The number of hydrogen-bond acceptors (Lipinski definition) is 2. The summed E-state index contributed by atoms with van der Waals surface area (Å²) in [4.78, 5) is 13.6. The van der Waals surface area contributed by atoms with Crippen LogP contribution < -0.4 is 0 Å². The lowest BCUT2D eigenvalue weighted by atomic mass is 9.91. The van der Waals surface area contributed by atoms with Gasteiger partial charge in [-0.05, 0) is 54.8 Å². The first kappa shape index (κ1) is 19.7. The van der Waals surface area contributed by atoms with Crippen molar-refractivity contribution in [1.29, 1.82) is 0 Å². The summed E-state index contributed by atoms with van der Waals surface area (Å²) >= 11 is 5.96. The van der Waals surface area contributed by atoms with E-state index >= 15 is 0 Å². The second-order valence-electron chi connectivity index (χ2n) is 6.66. The van der Waals surface area contributed by atoms with Gasteiger partial charge in [-0.1, -0.05) is 42.3 Å². The van der Waals surface area contributed by atoms with Gasteiger partial charge < -0.3 is 5.11 Å². The Hall–Kier alpha value is -2.05. The average molecular weight is 398 g/mol. The number of nitrogens with zero attached hydrogens (tertiary/aromatic N) is 1. The SMILES string of the molecule is O=C(O)C1CCCCN1C(c1ccc(Cl)cc1)c1cccc(C(F)(F)F)c1. The first-order valence-electron chi connectivity index (χ1n) is 8.68. The summed E-state index contributed by atoms with van der Waals surface area (Å²) in [5, 5.41) is 10.1. The molecule has 27 heavy (non-hydrogen) atoms. The smallest absolute Gasteiger partial charge is 0.416 e. The molecule has 1 fully saturated rings. The number of likely N-dealkylation sites (tertiary alicyclic amines) is 1. The molecule has 0 aliphatic carbocycles. The van der Waals surface area contributed by atoms with Gasteiger partial charge in [0.1, 0.15) is 6.04 Å². The Morgan fingerprint density at radius 3 is 2.44 bits per heavy atom. The average Bonchev–Trinajstić information content (AvgIpc) is 2.63. The summed E-state index contributed by atoms with van der Waals surface area (Å²) in [6.07, 6.45) is -2.41. The molecule has 1 aliphatic heterocycles. The number of aliphatic carboxylic acids is 1. The Bertz CT molecular complexity index is 808. The highest BCUT2D eigenvalue weighted by Gasteiger charge is 2.36. The Balaban J connectivity index is 2.10. The van der Waals surface area contributed by atoms with Crippen LogP contribution in [0.4, 0.5) is 13.2 Å².